The average Bonchev–Trinajstić information content (AvgIpc) is 2.42. The van der Waals surface area contributed by atoms with Crippen LogP contribution in [-0.4, -0.2) is 0 Å². The Kier molecular flexibility index (Phi) is 3.71. The Bertz CT molecular complexity index is 664. The molecule has 0 saturated carbocycles. The molecule has 0 aliphatic carbocycles. The van der Waals surface area contributed by atoms with Gasteiger partial charge >= 0.3 is 0 Å². The fraction of sp³-hybridized carbons (Fsp3) is 0.200. The first-order chi connectivity index (χ1) is 9.54. The maximum absolute atomic E-state index is 13.2. The van der Waals surface area contributed by atoms with Crippen LogP contribution in [0.5, 0.6) is 5.75 Å². The third kappa shape index (κ3) is 2.55. The summed E-state index contributed by atoms with van der Waals surface area (Å²) in [5.41, 5.74) is 8.01. The Morgan fingerprint density at radius 3 is 2.80 bits per heavy atom. The summed E-state index contributed by atoms with van der Waals surface area (Å²) in [5.74, 6) is 0.331. The number of rotatable bonds is 1. The summed E-state index contributed by atoms with van der Waals surface area (Å²) in [6, 6.07) is 10.3. The first kappa shape index (κ1) is 13.9. The molecule has 2 aromatic carbocycles. The quantitative estimate of drug-likeness (QED) is 0.799. The minimum Gasteiger partial charge on any atom is -0.485 e. The highest BCUT2D eigenvalue weighted by Gasteiger charge is 2.27. The van der Waals surface area contributed by atoms with Crippen LogP contribution in [0.15, 0.2) is 40.9 Å². The molecule has 2 atom stereocenters. The van der Waals surface area contributed by atoms with E-state index in [2.05, 4.69) is 15.9 Å². The second-order valence-corrected chi connectivity index (χ2v) is 6.13. The molecular formula is C15H12BrClFNO. The molecule has 0 bridgehead atoms. The fourth-order valence-electron chi connectivity index (χ4n) is 2.39. The van der Waals surface area contributed by atoms with Gasteiger partial charge in [0.25, 0.3) is 0 Å². The van der Waals surface area contributed by atoms with E-state index in [-0.39, 0.29) is 17.2 Å². The molecule has 1 aliphatic heterocycles. The Labute approximate surface area is 129 Å². The van der Waals surface area contributed by atoms with E-state index in [1.54, 1.807) is 12.1 Å². The van der Waals surface area contributed by atoms with Crippen molar-refractivity contribution in [1.29, 1.82) is 0 Å². The summed E-state index contributed by atoms with van der Waals surface area (Å²) in [6.07, 6.45) is 0.419. The number of benzene rings is 2. The van der Waals surface area contributed by atoms with Crippen LogP contribution in [0.4, 0.5) is 4.39 Å². The van der Waals surface area contributed by atoms with Crippen LogP contribution in [0, 0.1) is 5.82 Å². The molecule has 2 aromatic rings. The molecule has 1 unspecified atom stereocenters. The van der Waals surface area contributed by atoms with E-state index in [0.717, 1.165) is 21.3 Å². The van der Waals surface area contributed by atoms with Crippen molar-refractivity contribution in [1.82, 2.24) is 0 Å². The predicted molar refractivity (Wildman–Crippen MR) is 80.5 cm³/mol. The van der Waals surface area contributed by atoms with E-state index >= 15 is 0 Å². The Morgan fingerprint density at radius 1 is 1.25 bits per heavy atom. The maximum Gasteiger partial charge on any atom is 0.141 e. The highest BCUT2D eigenvalue weighted by Crippen LogP contribution is 2.41. The van der Waals surface area contributed by atoms with Crippen LogP contribution in [0.1, 0.15) is 29.7 Å². The number of fused-ring (bicyclic) bond motifs is 1. The number of hydrogen-bond donors (Lipinski definition) is 1. The fourth-order valence-corrected chi connectivity index (χ4v) is 2.96. The SMILES string of the molecule is N[C@H]1CC(c2ccc(F)c(Cl)c2)Oc2ccc(Br)cc21. The van der Waals surface area contributed by atoms with E-state index in [1.165, 1.54) is 6.07 Å². The maximum atomic E-state index is 13.2. The van der Waals surface area contributed by atoms with Gasteiger partial charge in [-0.05, 0) is 35.9 Å². The summed E-state index contributed by atoms with van der Waals surface area (Å²) in [7, 11) is 0. The predicted octanol–water partition coefficient (Wildman–Crippen LogP) is 4.77. The molecule has 20 heavy (non-hydrogen) atoms. The molecule has 2 nitrogen and oxygen atoms in total. The van der Waals surface area contributed by atoms with E-state index in [1.807, 2.05) is 18.2 Å². The van der Waals surface area contributed by atoms with Gasteiger partial charge in [-0.3, -0.25) is 0 Å². The van der Waals surface area contributed by atoms with Gasteiger partial charge in [-0.25, -0.2) is 4.39 Å². The van der Waals surface area contributed by atoms with Crippen LogP contribution in [0.2, 0.25) is 5.02 Å². The van der Waals surface area contributed by atoms with E-state index in [0.29, 0.717) is 6.42 Å². The van der Waals surface area contributed by atoms with Gasteiger partial charge in [-0.1, -0.05) is 33.6 Å². The van der Waals surface area contributed by atoms with Crippen molar-refractivity contribution in [2.75, 3.05) is 0 Å². The summed E-state index contributed by atoms with van der Waals surface area (Å²) in [6.45, 7) is 0. The molecule has 0 fully saturated rings. The molecular weight excluding hydrogens is 345 g/mol. The molecule has 0 radical (unpaired) electrons. The monoisotopic (exact) mass is 355 g/mol. The molecule has 0 spiro atoms. The van der Waals surface area contributed by atoms with Crippen molar-refractivity contribution in [2.45, 2.75) is 18.6 Å². The van der Waals surface area contributed by atoms with Gasteiger partial charge in [0.05, 0.1) is 5.02 Å². The zero-order chi connectivity index (χ0) is 14.3. The van der Waals surface area contributed by atoms with Crippen LogP contribution < -0.4 is 10.5 Å². The summed E-state index contributed by atoms with van der Waals surface area (Å²) in [5, 5.41) is 0.0984. The zero-order valence-electron chi connectivity index (χ0n) is 10.4. The summed E-state index contributed by atoms with van der Waals surface area (Å²) in [4.78, 5) is 0. The lowest BCUT2D eigenvalue weighted by Crippen LogP contribution is -2.24. The lowest BCUT2D eigenvalue weighted by molar-refractivity contribution is 0.161. The van der Waals surface area contributed by atoms with Crippen molar-refractivity contribution in [3.05, 3.63) is 62.8 Å². The highest BCUT2D eigenvalue weighted by molar-refractivity contribution is 9.10. The molecule has 5 heteroatoms. The van der Waals surface area contributed by atoms with Crippen molar-refractivity contribution in [3.8, 4) is 5.75 Å². The molecule has 0 aromatic heterocycles. The smallest absolute Gasteiger partial charge is 0.141 e. The van der Waals surface area contributed by atoms with Gasteiger partial charge in [0.2, 0.25) is 0 Å². The Hall–Kier alpha value is -1.10. The van der Waals surface area contributed by atoms with Gasteiger partial charge < -0.3 is 10.5 Å². The van der Waals surface area contributed by atoms with Gasteiger partial charge in [-0.15, -0.1) is 0 Å². The molecule has 1 aliphatic rings. The number of ether oxygens (including phenoxy) is 1. The number of halogens is 3. The lowest BCUT2D eigenvalue weighted by Gasteiger charge is -2.30. The second-order valence-electron chi connectivity index (χ2n) is 4.80. The van der Waals surface area contributed by atoms with Crippen molar-refractivity contribution < 1.29 is 9.13 Å². The van der Waals surface area contributed by atoms with Gasteiger partial charge in [0, 0.05) is 22.5 Å². The molecule has 0 saturated heterocycles. The zero-order valence-corrected chi connectivity index (χ0v) is 12.8. The van der Waals surface area contributed by atoms with Gasteiger partial charge in [0.15, 0.2) is 0 Å². The largest absolute Gasteiger partial charge is 0.485 e. The summed E-state index contributed by atoms with van der Waals surface area (Å²) >= 11 is 9.25. The van der Waals surface area contributed by atoms with Crippen LogP contribution in [-0.2, 0) is 0 Å². The van der Waals surface area contributed by atoms with Crippen molar-refractivity contribution in [3.63, 3.8) is 0 Å². The highest BCUT2D eigenvalue weighted by atomic mass is 79.9. The van der Waals surface area contributed by atoms with Gasteiger partial charge in [0.1, 0.15) is 17.7 Å². The van der Waals surface area contributed by atoms with Gasteiger partial charge in [-0.2, -0.15) is 0 Å². The van der Waals surface area contributed by atoms with E-state index < -0.39 is 5.82 Å². The first-order valence-electron chi connectivity index (χ1n) is 6.21. The molecule has 1 heterocycles. The molecule has 0 amide bonds. The van der Waals surface area contributed by atoms with E-state index in [9.17, 15) is 4.39 Å². The Balaban J connectivity index is 1.94. The third-order valence-corrected chi connectivity index (χ3v) is 4.21. The molecule has 3 rings (SSSR count). The number of nitrogens with two attached hydrogens (primary N) is 1. The average molecular weight is 357 g/mol. The molecule has 2 N–H and O–H groups in total. The van der Waals surface area contributed by atoms with Crippen molar-refractivity contribution >= 4 is 27.5 Å². The topological polar surface area (TPSA) is 35.2 Å². The van der Waals surface area contributed by atoms with Crippen LogP contribution in [0.3, 0.4) is 0 Å². The van der Waals surface area contributed by atoms with Crippen LogP contribution >= 0.6 is 27.5 Å². The normalized spacial score (nSPS) is 21.2. The van der Waals surface area contributed by atoms with Crippen molar-refractivity contribution in [2.24, 2.45) is 5.73 Å². The standard InChI is InChI=1S/C15H12BrClFNO/c16-9-2-4-14-10(6-9)13(19)7-15(20-14)8-1-3-12(18)11(17)5-8/h1-6,13,15H,7,19H2/t13-,15?/m0/s1. The minimum absolute atomic E-state index is 0.0984. The summed E-state index contributed by atoms with van der Waals surface area (Å²) < 4.78 is 20.2. The third-order valence-electron chi connectivity index (χ3n) is 3.42. The van der Waals surface area contributed by atoms with E-state index in [4.69, 9.17) is 22.1 Å². The first-order valence-corrected chi connectivity index (χ1v) is 7.38. The Morgan fingerprint density at radius 2 is 2.05 bits per heavy atom. The second kappa shape index (κ2) is 5.35. The van der Waals surface area contributed by atoms with Crippen LogP contribution in [0.25, 0.3) is 0 Å². The minimum atomic E-state index is -0.431. The number of hydrogen-bond acceptors (Lipinski definition) is 2. The lowest BCUT2D eigenvalue weighted by atomic mass is 9.93. The molecule has 104 valence electrons.